The fourth-order valence-corrected chi connectivity index (χ4v) is 0.354. The highest BCUT2D eigenvalue weighted by atomic mass is 15.3. The maximum absolute atomic E-state index is 3.87. The smallest absolute Gasteiger partial charge is 0.138 e. The standard InChI is InChI=1S/C4H7N3.C4H10/c1-4-5-3-6-7(4)2;1-4(2)3/h3H,1-2H3;4H,1-3H3. The number of rotatable bonds is 0. The van der Waals surface area contributed by atoms with E-state index in [-0.39, 0.29) is 0 Å². The van der Waals surface area contributed by atoms with Gasteiger partial charge in [-0.1, -0.05) is 20.8 Å². The van der Waals surface area contributed by atoms with E-state index < -0.39 is 0 Å². The van der Waals surface area contributed by atoms with Gasteiger partial charge in [0.2, 0.25) is 0 Å². The van der Waals surface area contributed by atoms with Crippen molar-refractivity contribution in [1.82, 2.24) is 14.8 Å². The molecule has 3 nitrogen and oxygen atoms in total. The summed E-state index contributed by atoms with van der Waals surface area (Å²) in [6.07, 6.45) is 1.54. The van der Waals surface area contributed by atoms with Crippen molar-refractivity contribution in [1.29, 1.82) is 0 Å². The van der Waals surface area contributed by atoms with Crippen molar-refractivity contribution in [2.24, 2.45) is 13.0 Å². The minimum atomic E-state index is 0.833. The van der Waals surface area contributed by atoms with Gasteiger partial charge >= 0.3 is 0 Å². The molecule has 1 aromatic heterocycles. The average Bonchev–Trinajstić information content (AvgIpc) is 2.15. The molecule has 1 aromatic rings. The fourth-order valence-electron chi connectivity index (χ4n) is 0.354. The van der Waals surface area contributed by atoms with Gasteiger partial charge in [-0.05, 0) is 12.8 Å². The van der Waals surface area contributed by atoms with Crippen LogP contribution in [-0.4, -0.2) is 14.8 Å². The van der Waals surface area contributed by atoms with Crippen molar-refractivity contribution >= 4 is 0 Å². The third kappa shape index (κ3) is 5.58. The lowest BCUT2D eigenvalue weighted by Crippen LogP contribution is -1.91. The van der Waals surface area contributed by atoms with Gasteiger partial charge in [0.25, 0.3) is 0 Å². The summed E-state index contributed by atoms with van der Waals surface area (Å²) < 4.78 is 1.72. The van der Waals surface area contributed by atoms with Crippen molar-refractivity contribution in [3.8, 4) is 0 Å². The highest BCUT2D eigenvalue weighted by Crippen LogP contribution is 1.82. The summed E-state index contributed by atoms with van der Waals surface area (Å²) in [5.41, 5.74) is 0. The minimum Gasteiger partial charge on any atom is -0.253 e. The molecular weight excluding hydrogens is 138 g/mol. The first-order valence-electron chi connectivity index (χ1n) is 3.84. The topological polar surface area (TPSA) is 30.7 Å². The van der Waals surface area contributed by atoms with Crippen LogP contribution in [0.2, 0.25) is 0 Å². The summed E-state index contributed by atoms with van der Waals surface area (Å²) in [4.78, 5) is 3.87. The Labute approximate surface area is 68.5 Å². The predicted molar refractivity (Wildman–Crippen MR) is 46.3 cm³/mol. The summed E-state index contributed by atoms with van der Waals surface area (Å²) >= 11 is 0. The van der Waals surface area contributed by atoms with E-state index >= 15 is 0 Å². The molecular formula is C8H17N3. The molecule has 0 unspecified atom stereocenters. The van der Waals surface area contributed by atoms with Gasteiger partial charge in [0.15, 0.2) is 0 Å². The van der Waals surface area contributed by atoms with Gasteiger partial charge in [0, 0.05) is 7.05 Å². The molecule has 3 heteroatoms. The van der Waals surface area contributed by atoms with Crippen LogP contribution in [0.1, 0.15) is 26.6 Å². The maximum atomic E-state index is 3.87. The van der Waals surface area contributed by atoms with Gasteiger partial charge in [-0.3, -0.25) is 4.68 Å². The molecule has 0 N–H and O–H groups in total. The van der Waals surface area contributed by atoms with Crippen LogP contribution in [0.15, 0.2) is 6.33 Å². The number of nitrogens with zero attached hydrogens (tertiary/aromatic N) is 3. The Morgan fingerprint density at radius 1 is 1.36 bits per heavy atom. The van der Waals surface area contributed by atoms with Crippen molar-refractivity contribution in [2.75, 3.05) is 0 Å². The zero-order valence-corrected chi connectivity index (χ0v) is 8.00. The molecule has 0 saturated carbocycles. The number of aromatic nitrogens is 3. The molecule has 0 fully saturated rings. The van der Waals surface area contributed by atoms with E-state index in [1.807, 2.05) is 14.0 Å². The number of aryl methyl sites for hydroxylation is 2. The molecule has 1 rings (SSSR count). The molecule has 0 aliphatic carbocycles. The minimum absolute atomic E-state index is 0.833. The second-order valence-corrected chi connectivity index (χ2v) is 3.16. The molecule has 0 radical (unpaired) electrons. The fraction of sp³-hybridized carbons (Fsp3) is 0.750. The Morgan fingerprint density at radius 2 is 1.82 bits per heavy atom. The third-order valence-corrected chi connectivity index (χ3v) is 0.938. The van der Waals surface area contributed by atoms with Crippen LogP contribution in [0.5, 0.6) is 0 Å². The quantitative estimate of drug-likeness (QED) is 0.572. The van der Waals surface area contributed by atoms with E-state index in [9.17, 15) is 0 Å². The van der Waals surface area contributed by atoms with Gasteiger partial charge in [-0.15, -0.1) is 0 Å². The van der Waals surface area contributed by atoms with Crippen LogP contribution in [0, 0.1) is 12.8 Å². The molecule has 0 atom stereocenters. The highest BCUT2D eigenvalue weighted by Gasteiger charge is 1.85. The average molecular weight is 155 g/mol. The van der Waals surface area contributed by atoms with Crippen molar-refractivity contribution in [2.45, 2.75) is 27.7 Å². The molecule has 0 amide bonds. The Morgan fingerprint density at radius 3 is 1.91 bits per heavy atom. The van der Waals surface area contributed by atoms with Crippen LogP contribution in [-0.2, 0) is 7.05 Å². The molecule has 0 bridgehead atoms. The van der Waals surface area contributed by atoms with Gasteiger partial charge in [-0.25, -0.2) is 4.98 Å². The lowest BCUT2D eigenvalue weighted by atomic mass is 10.3. The number of hydrogen-bond acceptors (Lipinski definition) is 2. The first kappa shape index (κ1) is 10.1. The highest BCUT2D eigenvalue weighted by molar-refractivity contribution is 4.75. The molecule has 64 valence electrons. The zero-order valence-electron chi connectivity index (χ0n) is 8.00. The lowest BCUT2D eigenvalue weighted by molar-refractivity contribution is 0.734. The van der Waals surface area contributed by atoms with E-state index in [2.05, 4.69) is 30.9 Å². The first-order valence-corrected chi connectivity index (χ1v) is 3.84. The maximum Gasteiger partial charge on any atom is 0.138 e. The largest absolute Gasteiger partial charge is 0.253 e. The van der Waals surface area contributed by atoms with E-state index in [1.54, 1.807) is 4.68 Å². The normalized spacial score (nSPS) is 9.27. The second-order valence-electron chi connectivity index (χ2n) is 3.16. The number of hydrogen-bond donors (Lipinski definition) is 0. The summed E-state index contributed by atoms with van der Waals surface area (Å²) in [5.74, 6) is 1.78. The third-order valence-electron chi connectivity index (χ3n) is 0.938. The SMILES string of the molecule is CC(C)C.Cc1ncnn1C. The van der Waals surface area contributed by atoms with E-state index in [4.69, 9.17) is 0 Å². The van der Waals surface area contributed by atoms with Gasteiger partial charge in [0.05, 0.1) is 0 Å². The van der Waals surface area contributed by atoms with Crippen LogP contribution in [0.25, 0.3) is 0 Å². The Balaban J connectivity index is 0.000000218. The first-order chi connectivity index (χ1) is 5.04. The molecule has 0 aliphatic rings. The Bertz CT molecular complexity index is 172. The second kappa shape index (κ2) is 4.88. The molecule has 0 spiro atoms. The monoisotopic (exact) mass is 155 g/mol. The van der Waals surface area contributed by atoms with Gasteiger partial charge < -0.3 is 0 Å². The molecule has 0 aromatic carbocycles. The van der Waals surface area contributed by atoms with Gasteiger partial charge in [0.1, 0.15) is 12.2 Å². The van der Waals surface area contributed by atoms with Gasteiger partial charge in [-0.2, -0.15) is 5.10 Å². The zero-order chi connectivity index (χ0) is 8.85. The van der Waals surface area contributed by atoms with Crippen LogP contribution < -0.4 is 0 Å². The Hall–Kier alpha value is -0.860. The van der Waals surface area contributed by atoms with E-state index in [0.29, 0.717) is 0 Å². The predicted octanol–water partition coefficient (Wildman–Crippen LogP) is 1.79. The van der Waals surface area contributed by atoms with Crippen molar-refractivity contribution in [3.63, 3.8) is 0 Å². The van der Waals surface area contributed by atoms with E-state index in [1.165, 1.54) is 6.33 Å². The molecule has 1 heterocycles. The van der Waals surface area contributed by atoms with E-state index in [0.717, 1.165) is 11.7 Å². The van der Waals surface area contributed by atoms with Crippen LogP contribution in [0.4, 0.5) is 0 Å². The van der Waals surface area contributed by atoms with Crippen LogP contribution >= 0.6 is 0 Å². The molecule has 11 heavy (non-hydrogen) atoms. The molecule has 0 aliphatic heterocycles. The van der Waals surface area contributed by atoms with Crippen molar-refractivity contribution < 1.29 is 0 Å². The van der Waals surface area contributed by atoms with Crippen LogP contribution in [0.3, 0.4) is 0 Å². The Kier molecular flexibility index (Phi) is 4.50. The van der Waals surface area contributed by atoms with Crippen molar-refractivity contribution in [3.05, 3.63) is 12.2 Å². The summed E-state index contributed by atoms with van der Waals surface area (Å²) in [7, 11) is 1.86. The molecule has 0 saturated heterocycles. The summed E-state index contributed by atoms with van der Waals surface area (Å²) in [6, 6.07) is 0. The summed E-state index contributed by atoms with van der Waals surface area (Å²) in [6.45, 7) is 8.41. The lowest BCUT2D eigenvalue weighted by Gasteiger charge is -1.84. The summed E-state index contributed by atoms with van der Waals surface area (Å²) in [5, 5.41) is 3.82.